The second kappa shape index (κ2) is 9.44. The molecule has 2 aromatic heterocycles. The molecular weight excluding hydrogens is 553 g/mol. The van der Waals surface area contributed by atoms with Crippen molar-refractivity contribution in [3.8, 4) is 22.8 Å². The number of hydrogen-bond acceptors (Lipinski definition) is 5. The van der Waals surface area contributed by atoms with Gasteiger partial charge in [-0.05, 0) is 53.6 Å². The van der Waals surface area contributed by atoms with E-state index >= 15 is 0 Å². The van der Waals surface area contributed by atoms with Crippen LogP contribution < -0.4 is 9.47 Å². The van der Waals surface area contributed by atoms with Gasteiger partial charge in [-0.15, -0.1) is 0 Å². The molecule has 11 heteroatoms. The maximum absolute atomic E-state index is 14.1. The first-order chi connectivity index (χ1) is 20.2. The van der Waals surface area contributed by atoms with Crippen molar-refractivity contribution in [3.63, 3.8) is 0 Å². The van der Waals surface area contributed by atoms with Gasteiger partial charge in [0.25, 0.3) is 5.91 Å². The third-order valence-corrected chi connectivity index (χ3v) is 7.65. The third kappa shape index (κ3) is 4.16. The van der Waals surface area contributed by atoms with Crippen LogP contribution in [0.3, 0.4) is 0 Å². The molecular formula is C31H21F3N2O6. The summed E-state index contributed by atoms with van der Waals surface area (Å²) in [5.74, 6) is -1.13. The summed E-state index contributed by atoms with van der Waals surface area (Å²) in [6, 6.07) is 17.8. The highest BCUT2D eigenvalue weighted by Gasteiger charge is 2.45. The number of H-pyrrole nitrogens is 1. The van der Waals surface area contributed by atoms with E-state index in [0.717, 1.165) is 28.6 Å². The molecule has 0 spiro atoms. The van der Waals surface area contributed by atoms with Gasteiger partial charge < -0.3 is 28.9 Å². The molecule has 0 saturated heterocycles. The van der Waals surface area contributed by atoms with Gasteiger partial charge in [-0.1, -0.05) is 36.4 Å². The van der Waals surface area contributed by atoms with E-state index in [0.29, 0.717) is 22.8 Å². The van der Waals surface area contributed by atoms with Crippen LogP contribution in [-0.2, 0) is 17.4 Å². The van der Waals surface area contributed by atoms with Gasteiger partial charge in [0.2, 0.25) is 6.79 Å². The van der Waals surface area contributed by atoms with Crippen LogP contribution in [0.5, 0.6) is 11.5 Å². The Morgan fingerprint density at radius 3 is 2.55 bits per heavy atom. The van der Waals surface area contributed by atoms with Crippen LogP contribution >= 0.6 is 0 Å². The first-order valence-electron chi connectivity index (χ1n) is 13.0. The number of aromatic amines is 1. The molecule has 5 aromatic rings. The lowest BCUT2D eigenvalue weighted by molar-refractivity contribution is -0.143. The number of rotatable bonds is 4. The number of fused-ring (bicyclic) bond motifs is 4. The number of benzene rings is 3. The van der Waals surface area contributed by atoms with Crippen molar-refractivity contribution in [3.05, 3.63) is 107 Å². The minimum Gasteiger partial charge on any atom is -0.480 e. The topological polar surface area (TPSA) is 105 Å². The fraction of sp³-hybridized carbons (Fsp3) is 0.161. The Balaban J connectivity index is 1.35. The Labute approximate surface area is 235 Å². The molecule has 2 aliphatic heterocycles. The molecule has 2 N–H and O–H groups in total. The number of nitrogens with zero attached hydrogens (tertiary/aromatic N) is 1. The van der Waals surface area contributed by atoms with Gasteiger partial charge in [0, 0.05) is 28.6 Å². The van der Waals surface area contributed by atoms with Gasteiger partial charge in [0.1, 0.15) is 11.8 Å². The van der Waals surface area contributed by atoms with E-state index in [1.54, 1.807) is 18.2 Å². The Hall–Kier alpha value is -5.19. The first kappa shape index (κ1) is 25.8. The molecule has 8 nitrogen and oxygen atoms in total. The zero-order chi connectivity index (χ0) is 29.2. The molecule has 0 aliphatic carbocycles. The number of carboxylic acid groups (broad SMARTS) is 1. The molecule has 0 radical (unpaired) electrons. The second-order valence-electron chi connectivity index (χ2n) is 10.1. The largest absolute Gasteiger partial charge is 0.480 e. The van der Waals surface area contributed by atoms with E-state index < -0.39 is 35.7 Å². The molecule has 0 saturated carbocycles. The van der Waals surface area contributed by atoms with Crippen LogP contribution in [0.15, 0.2) is 83.3 Å². The van der Waals surface area contributed by atoms with Crippen LogP contribution in [0.4, 0.5) is 13.2 Å². The number of ether oxygens (including phenoxy) is 2. The molecule has 42 heavy (non-hydrogen) atoms. The highest BCUT2D eigenvalue weighted by atomic mass is 19.4. The van der Waals surface area contributed by atoms with E-state index in [1.807, 2.05) is 24.3 Å². The highest BCUT2D eigenvalue weighted by Crippen LogP contribution is 2.44. The number of carbonyl (C=O) groups excluding carboxylic acids is 1. The van der Waals surface area contributed by atoms with Gasteiger partial charge in [-0.3, -0.25) is 4.79 Å². The van der Waals surface area contributed by atoms with Crippen LogP contribution in [-0.4, -0.2) is 39.7 Å². The fourth-order valence-corrected chi connectivity index (χ4v) is 5.74. The maximum atomic E-state index is 14.1. The van der Waals surface area contributed by atoms with Gasteiger partial charge in [0.05, 0.1) is 11.6 Å². The predicted molar refractivity (Wildman–Crippen MR) is 143 cm³/mol. The Morgan fingerprint density at radius 1 is 0.929 bits per heavy atom. The molecule has 1 amide bonds. The number of nitrogens with one attached hydrogen (secondary N) is 1. The minimum absolute atomic E-state index is 0.0304. The molecule has 7 rings (SSSR count). The summed E-state index contributed by atoms with van der Waals surface area (Å²) in [5, 5.41) is 11.2. The predicted octanol–water partition coefficient (Wildman–Crippen LogP) is 6.42. The normalized spacial score (nSPS) is 17.8. The summed E-state index contributed by atoms with van der Waals surface area (Å²) < 4.78 is 56.7. The van der Waals surface area contributed by atoms with Crippen molar-refractivity contribution in [2.24, 2.45) is 0 Å². The number of para-hydroxylation sites is 1. The number of aliphatic carboxylic acids is 1. The van der Waals surface area contributed by atoms with E-state index in [2.05, 4.69) is 4.98 Å². The average molecular weight is 575 g/mol. The van der Waals surface area contributed by atoms with Crippen molar-refractivity contribution in [1.82, 2.24) is 9.88 Å². The summed E-state index contributed by atoms with van der Waals surface area (Å²) in [6.45, 7) is 0.0339. The van der Waals surface area contributed by atoms with E-state index in [4.69, 9.17) is 13.9 Å². The molecule has 0 bridgehead atoms. The van der Waals surface area contributed by atoms with E-state index in [1.165, 1.54) is 29.2 Å². The van der Waals surface area contributed by atoms with Crippen molar-refractivity contribution in [2.75, 3.05) is 6.79 Å². The number of alkyl halides is 3. The van der Waals surface area contributed by atoms with Gasteiger partial charge in [0.15, 0.2) is 17.3 Å². The Bertz CT molecular complexity index is 1870. The number of aromatic nitrogens is 1. The van der Waals surface area contributed by atoms with Crippen LogP contribution in [0, 0.1) is 0 Å². The van der Waals surface area contributed by atoms with Crippen LogP contribution in [0.1, 0.15) is 39.0 Å². The minimum atomic E-state index is -4.56. The Morgan fingerprint density at radius 2 is 1.74 bits per heavy atom. The smallest absolute Gasteiger partial charge is 0.416 e. The van der Waals surface area contributed by atoms with Crippen LogP contribution in [0.25, 0.3) is 22.2 Å². The number of carbonyl (C=O) groups is 2. The standard InChI is InChI=1S/C31H21F3N2O6/c32-31(33,34)18-5-3-4-16(12-18)23-10-11-25(42-23)29(37)36-22(30(38)39)14-20-19-6-1-2-7-21(19)35-27(20)28(36)17-8-9-24-26(13-17)41-15-40-24/h1-13,22,28,35H,14-15H2,(H,38,39). The average Bonchev–Trinajstić information content (AvgIpc) is 3.73. The highest BCUT2D eigenvalue weighted by molar-refractivity contribution is 5.97. The third-order valence-electron chi connectivity index (χ3n) is 7.65. The van der Waals surface area contributed by atoms with Gasteiger partial charge in [-0.2, -0.15) is 13.2 Å². The number of halogens is 3. The zero-order valence-corrected chi connectivity index (χ0v) is 21.6. The van der Waals surface area contributed by atoms with E-state index in [-0.39, 0.29) is 30.3 Å². The summed E-state index contributed by atoms with van der Waals surface area (Å²) >= 11 is 0. The number of amides is 1. The van der Waals surface area contributed by atoms with Crippen molar-refractivity contribution < 1.29 is 41.8 Å². The van der Waals surface area contributed by atoms with Gasteiger partial charge in [-0.25, -0.2) is 4.79 Å². The quantitative estimate of drug-likeness (QED) is 0.257. The summed E-state index contributed by atoms with van der Waals surface area (Å²) in [7, 11) is 0. The zero-order valence-electron chi connectivity index (χ0n) is 21.6. The fourth-order valence-electron chi connectivity index (χ4n) is 5.74. The summed E-state index contributed by atoms with van der Waals surface area (Å²) in [4.78, 5) is 31.5. The number of hydrogen-bond donors (Lipinski definition) is 2. The van der Waals surface area contributed by atoms with Gasteiger partial charge >= 0.3 is 12.1 Å². The SMILES string of the molecule is O=C(O)C1Cc2c([nH]c3ccccc23)C(c2ccc3c(c2)OCO3)N1C(=O)c1ccc(-c2cccc(C(F)(F)F)c2)o1. The molecule has 2 aliphatic rings. The number of furan rings is 1. The lowest BCUT2D eigenvalue weighted by Gasteiger charge is -2.40. The maximum Gasteiger partial charge on any atom is 0.416 e. The Kier molecular flexibility index (Phi) is 5.79. The summed E-state index contributed by atoms with van der Waals surface area (Å²) in [6.07, 6.45) is -4.53. The monoisotopic (exact) mass is 574 g/mol. The van der Waals surface area contributed by atoms with Crippen molar-refractivity contribution in [2.45, 2.75) is 24.7 Å². The van der Waals surface area contributed by atoms with Crippen molar-refractivity contribution in [1.29, 1.82) is 0 Å². The lowest BCUT2D eigenvalue weighted by Crippen LogP contribution is -2.51. The van der Waals surface area contributed by atoms with Crippen molar-refractivity contribution >= 4 is 22.8 Å². The molecule has 3 aromatic carbocycles. The second-order valence-corrected chi connectivity index (χ2v) is 10.1. The molecule has 2 unspecified atom stereocenters. The van der Waals surface area contributed by atoms with Crippen LogP contribution in [0.2, 0.25) is 0 Å². The first-order valence-corrected chi connectivity index (χ1v) is 13.0. The number of carboxylic acids is 1. The molecule has 2 atom stereocenters. The molecule has 4 heterocycles. The lowest BCUT2D eigenvalue weighted by atomic mass is 9.87. The molecule has 212 valence electrons. The summed E-state index contributed by atoms with van der Waals surface area (Å²) in [5.41, 5.74) is 2.05. The van der Waals surface area contributed by atoms with E-state index in [9.17, 15) is 27.9 Å². The molecule has 0 fully saturated rings.